The van der Waals surface area contributed by atoms with E-state index in [-0.39, 0.29) is 5.97 Å². The van der Waals surface area contributed by atoms with Crippen molar-refractivity contribution in [1.82, 2.24) is 0 Å². The lowest BCUT2D eigenvalue weighted by Crippen LogP contribution is -2.11. The van der Waals surface area contributed by atoms with Gasteiger partial charge < -0.3 is 10.2 Å². The van der Waals surface area contributed by atoms with Crippen LogP contribution in [0.15, 0.2) is 5.38 Å². The van der Waals surface area contributed by atoms with Gasteiger partial charge in [-0.1, -0.05) is 0 Å². The Bertz CT molecular complexity index is 296. The zero-order valence-electron chi connectivity index (χ0n) is 6.88. The van der Waals surface area contributed by atoms with E-state index < -0.39 is 0 Å². The molecule has 12 heavy (non-hydrogen) atoms. The van der Waals surface area contributed by atoms with E-state index in [0.717, 1.165) is 5.56 Å². The molecule has 0 unspecified atom stereocenters. The van der Waals surface area contributed by atoms with E-state index in [9.17, 15) is 4.79 Å². The van der Waals surface area contributed by atoms with Crippen LogP contribution in [0.3, 0.4) is 0 Å². The first-order chi connectivity index (χ1) is 5.70. The summed E-state index contributed by atoms with van der Waals surface area (Å²) in [4.78, 5) is 11.6. The summed E-state index contributed by atoms with van der Waals surface area (Å²) in [5.74, 6) is 4.88. The highest BCUT2D eigenvalue weighted by Crippen LogP contribution is 2.26. The Morgan fingerprint density at radius 3 is 2.92 bits per heavy atom. The minimum atomic E-state index is -0.360. The molecule has 0 bridgehead atoms. The van der Waals surface area contributed by atoms with Crippen LogP contribution in [0.1, 0.15) is 15.2 Å². The number of ether oxygens (including phenoxy) is 1. The average molecular weight is 186 g/mol. The Kier molecular flexibility index (Phi) is 2.67. The maximum Gasteiger partial charge on any atom is 0.350 e. The number of esters is 1. The highest BCUT2D eigenvalue weighted by atomic mass is 32.1. The Morgan fingerprint density at radius 2 is 2.42 bits per heavy atom. The number of aryl methyl sites for hydroxylation is 1. The molecule has 0 radical (unpaired) electrons. The van der Waals surface area contributed by atoms with E-state index in [1.165, 1.54) is 18.4 Å². The number of methoxy groups -OCH3 is 1. The molecule has 4 nitrogen and oxygen atoms in total. The fraction of sp³-hybridized carbons (Fsp3) is 0.286. The van der Waals surface area contributed by atoms with Gasteiger partial charge in [0.15, 0.2) is 0 Å². The first kappa shape index (κ1) is 9.02. The van der Waals surface area contributed by atoms with Gasteiger partial charge in [0.2, 0.25) is 0 Å². The number of rotatable bonds is 2. The van der Waals surface area contributed by atoms with Crippen LogP contribution in [0.2, 0.25) is 0 Å². The van der Waals surface area contributed by atoms with Gasteiger partial charge in [-0.3, -0.25) is 5.84 Å². The quantitative estimate of drug-likeness (QED) is 0.413. The largest absolute Gasteiger partial charge is 0.465 e. The van der Waals surface area contributed by atoms with Gasteiger partial charge in [-0.15, -0.1) is 11.3 Å². The van der Waals surface area contributed by atoms with Crippen molar-refractivity contribution >= 4 is 23.0 Å². The van der Waals surface area contributed by atoms with Crippen LogP contribution in [0, 0.1) is 6.92 Å². The van der Waals surface area contributed by atoms with Gasteiger partial charge in [-0.05, 0) is 17.9 Å². The SMILES string of the molecule is COC(=O)c1scc(C)c1NN. The molecular weight excluding hydrogens is 176 g/mol. The van der Waals surface area contributed by atoms with Crippen molar-refractivity contribution in [1.29, 1.82) is 0 Å². The summed E-state index contributed by atoms with van der Waals surface area (Å²) in [6, 6.07) is 0. The number of hydrogen-bond donors (Lipinski definition) is 2. The molecule has 0 atom stereocenters. The molecule has 0 aliphatic rings. The lowest BCUT2D eigenvalue weighted by molar-refractivity contribution is 0.0607. The van der Waals surface area contributed by atoms with Gasteiger partial charge in [-0.25, -0.2) is 4.79 Å². The molecule has 0 amide bonds. The molecule has 0 aliphatic carbocycles. The second-order valence-electron chi connectivity index (χ2n) is 2.26. The normalized spacial score (nSPS) is 9.58. The smallest absolute Gasteiger partial charge is 0.350 e. The number of hydrazine groups is 1. The molecule has 1 aromatic heterocycles. The predicted octanol–water partition coefficient (Wildman–Crippen LogP) is 1.13. The van der Waals surface area contributed by atoms with Crippen molar-refractivity contribution in [2.45, 2.75) is 6.92 Å². The lowest BCUT2D eigenvalue weighted by Gasteiger charge is -2.01. The van der Waals surface area contributed by atoms with Gasteiger partial charge in [0.1, 0.15) is 4.88 Å². The summed E-state index contributed by atoms with van der Waals surface area (Å²) in [7, 11) is 1.34. The number of nitrogen functional groups attached to an aromatic ring is 1. The maximum absolute atomic E-state index is 11.1. The first-order valence-corrected chi connectivity index (χ1v) is 4.21. The highest BCUT2D eigenvalue weighted by molar-refractivity contribution is 7.12. The number of hydrogen-bond acceptors (Lipinski definition) is 5. The summed E-state index contributed by atoms with van der Waals surface area (Å²) in [5.41, 5.74) is 4.06. The zero-order chi connectivity index (χ0) is 9.14. The average Bonchev–Trinajstić information content (AvgIpc) is 2.45. The summed E-state index contributed by atoms with van der Waals surface area (Å²) < 4.78 is 4.57. The Morgan fingerprint density at radius 1 is 1.75 bits per heavy atom. The van der Waals surface area contributed by atoms with E-state index in [0.29, 0.717) is 10.6 Å². The number of carbonyl (C=O) groups excluding carboxylic acids is 1. The monoisotopic (exact) mass is 186 g/mol. The predicted molar refractivity (Wildman–Crippen MR) is 48.2 cm³/mol. The molecule has 0 aromatic carbocycles. The molecular formula is C7H10N2O2S. The summed E-state index contributed by atoms with van der Waals surface area (Å²) in [6.07, 6.45) is 0. The van der Waals surface area contributed by atoms with Gasteiger partial charge in [0, 0.05) is 0 Å². The van der Waals surface area contributed by atoms with E-state index in [4.69, 9.17) is 5.84 Å². The lowest BCUT2D eigenvalue weighted by atomic mass is 10.3. The summed E-state index contributed by atoms with van der Waals surface area (Å²) >= 11 is 1.32. The molecule has 0 saturated heterocycles. The van der Waals surface area contributed by atoms with Gasteiger partial charge >= 0.3 is 5.97 Å². The highest BCUT2D eigenvalue weighted by Gasteiger charge is 2.15. The molecule has 3 N–H and O–H groups in total. The molecule has 5 heteroatoms. The van der Waals surface area contributed by atoms with Crippen molar-refractivity contribution in [3.63, 3.8) is 0 Å². The maximum atomic E-state index is 11.1. The Hall–Kier alpha value is -1.07. The fourth-order valence-corrected chi connectivity index (χ4v) is 1.80. The second-order valence-corrected chi connectivity index (χ2v) is 3.14. The molecule has 1 heterocycles. The molecule has 66 valence electrons. The van der Waals surface area contributed by atoms with Gasteiger partial charge in [0.05, 0.1) is 12.8 Å². The van der Waals surface area contributed by atoms with Crippen molar-refractivity contribution in [3.8, 4) is 0 Å². The van der Waals surface area contributed by atoms with Gasteiger partial charge in [-0.2, -0.15) is 0 Å². The summed E-state index contributed by atoms with van der Waals surface area (Å²) in [6.45, 7) is 1.87. The van der Waals surface area contributed by atoms with E-state index >= 15 is 0 Å². The number of thiophene rings is 1. The van der Waals surface area contributed by atoms with Crippen molar-refractivity contribution in [2.24, 2.45) is 5.84 Å². The third-order valence-corrected chi connectivity index (χ3v) is 2.57. The molecule has 0 fully saturated rings. The van der Waals surface area contributed by atoms with Crippen LogP contribution >= 0.6 is 11.3 Å². The van der Waals surface area contributed by atoms with Crippen molar-refractivity contribution < 1.29 is 9.53 Å². The standard InChI is InChI=1S/C7H10N2O2S/c1-4-3-12-6(5(4)9-8)7(10)11-2/h3,9H,8H2,1-2H3. The van der Waals surface area contributed by atoms with E-state index in [2.05, 4.69) is 10.2 Å². The molecule has 0 spiro atoms. The molecule has 0 saturated carbocycles. The van der Waals surface area contributed by atoms with Crippen LogP contribution in [0.5, 0.6) is 0 Å². The van der Waals surface area contributed by atoms with Crippen molar-refractivity contribution in [3.05, 3.63) is 15.8 Å². The Labute approximate surface area is 74.3 Å². The van der Waals surface area contributed by atoms with Crippen LogP contribution in [0.4, 0.5) is 5.69 Å². The topological polar surface area (TPSA) is 64.3 Å². The van der Waals surface area contributed by atoms with Crippen molar-refractivity contribution in [2.75, 3.05) is 12.5 Å². The van der Waals surface area contributed by atoms with Gasteiger partial charge in [0.25, 0.3) is 0 Å². The molecule has 1 aromatic rings. The summed E-state index contributed by atoms with van der Waals surface area (Å²) in [5, 5.41) is 1.85. The first-order valence-electron chi connectivity index (χ1n) is 3.33. The fourth-order valence-electron chi connectivity index (χ4n) is 0.866. The van der Waals surface area contributed by atoms with Crippen LogP contribution in [-0.2, 0) is 4.74 Å². The minimum absolute atomic E-state index is 0.360. The molecule has 0 aliphatic heterocycles. The number of nitrogens with one attached hydrogen (secondary N) is 1. The van der Waals surface area contributed by atoms with Crippen LogP contribution in [0.25, 0.3) is 0 Å². The van der Waals surface area contributed by atoms with Crippen LogP contribution in [-0.4, -0.2) is 13.1 Å². The number of carbonyl (C=O) groups is 1. The third kappa shape index (κ3) is 1.41. The zero-order valence-corrected chi connectivity index (χ0v) is 7.70. The minimum Gasteiger partial charge on any atom is -0.465 e. The Balaban J connectivity index is 3.07. The van der Waals surface area contributed by atoms with E-state index in [1.54, 1.807) is 0 Å². The molecule has 1 rings (SSSR count). The number of nitrogens with two attached hydrogens (primary N) is 1. The van der Waals surface area contributed by atoms with E-state index in [1.807, 2.05) is 12.3 Å². The third-order valence-electron chi connectivity index (χ3n) is 1.49. The second kappa shape index (κ2) is 3.55. The number of anilines is 1. The van der Waals surface area contributed by atoms with Crippen LogP contribution < -0.4 is 11.3 Å².